The van der Waals surface area contributed by atoms with E-state index in [0.29, 0.717) is 6.54 Å². The zero-order chi connectivity index (χ0) is 17.5. The Hall–Kier alpha value is -2.67. The molecule has 0 aliphatic rings. The number of rotatable bonds is 6. The Morgan fingerprint density at radius 1 is 1.32 bits per heavy atom. The number of benzene rings is 1. The molecule has 2 N–H and O–H groups in total. The zero-order valence-electron chi connectivity index (χ0n) is 14.4. The number of aromatic amines is 1. The Labute approximate surface area is 151 Å². The molecule has 0 amide bonds. The van der Waals surface area contributed by atoms with Crippen LogP contribution < -0.4 is 5.32 Å². The second kappa shape index (κ2) is 8.43. The molecule has 2 aromatic heterocycles. The Kier molecular flexibility index (Phi) is 5.79. The van der Waals surface area contributed by atoms with Crippen LogP contribution in [0.2, 0.25) is 0 Å². The van der Waals surface area contributed by atoms with Crippen LogP contribution >= 0.6 is 11.3 Å². The number of aliphatic imine (C=N–C) groups is 1. The molecule has 2 heterocycles. The quantitative estimate of drug-likeness (QED) is 0.527. The monoisotopic (exact) mass is 354 g/mol. The molecule has 3 aromatic rings. The van der Waals surface area contributed by atoms with Crippen molar-refractivity contribution in [1.82, 2.24) is 25.4 Å². The van der Waals surface area contributed by atoms with Crippen molar-refractivity contribution in [1.29, 1.82) is 0 Å². The molecule has 1 aromatic carbocycles. The maximum atomic E-state index is 4.78. The third-order valence-corrected chi connectivity index (χ3v) is 4.46. The van der Waals surface area contributed by atoms with E-state index in [1.165, 1.54) is 11.9 Å². The van der Waals surface area contributed by atoms with Crippen LogP contribution in [0.15, 0.2) is 52.4 Å². The van der Waals surface area contributed by atoms with Gasteiger partial charge in [0, 0.05) is 25.7 Å². The predicted octanol–water partition coefficient (Wildman–Crippen LogP) is 3.13. The van der Waals surface area contributed by atoms with Gasteiger partial charge in [0.25, 0.3) is 0 Å². The predicted molar refractivity (Wildman–Crippen MR) is 102 cm³/mol. The maximum Gasteiger partial charge on any atom is 0.194 e. The Morgan fingerprint density at radius 2 is 2.24 bits per heavy atom. The summed E-state index contributed by atoms with van der Waals surface area (Å²) in [6.07, 6.45) is 1.52. The van der Waals surface area contributed by atoms with E-state index in [1.54, 1.807) is 11.3 Å². The van der Waals surface area contributed by atoms with Crippen molar-refractivity contribution < 1.29 is 0 Å². The second-order valence-electron chi connectivity index (χ2n) is 5.69. The highest BCUT2D eigenvalue weighted by Gasteiger charge is 2.07. The molecule has 0 aliphatic carbocycles. The van der Waals surface area contributed by atoms with Gasteiger partial charge in [-0.25, -0.2) is 9.98 Å². The smallest absolute Gasteiger partial charge is 0.194 e. The lowest BCUT2D eigenvalue weighted by molar-refractivity contribution is 0.477. The summed E-state index contributed by atoms with van der Waals surface area (Å²) in [7, 11) is 2.06. The number of H-pyrrole nitrogens is 1. The van der Waals surface area contributed by atoms with Crippen LogP contribution in [0.3, 0.4) is 0 Å². The van der Waals surface area contributed by atoms with Crippen LogP contribution in [-0.2, 0) is 13.1 Å². The summed E-state index contributed by atoms with van der Waals surface area (Å²) in [5.41, 5.74) is 3.44. The molecule has 7 heteroatoms. The van der Waals surface area contributed by atoms with Gasteiger partial charge in [0.2, 0.25) is 0 Å². The minimum absolute atomic E-state index is 0.609. The fourth-order valence-electron chi connectivity index (χ4n) is 2.53. The van der Waals surface area contributed by atoms with Crippen LogP contribution in [0.5, 0.6) is 0 Å². The minimum atomic E-state index is 0.609. The summed E-state index contributed by atoms with van der Waals surface area (Å²) in [4.78, 5) is 11.1. The van der Waals surface area contributed by atoms with Crippen molar-refractivity contribution in [2.75, 3.05) is 13.6 Å². The second-order valence-corrected chi connectivity index (χ2v) is 6.47. The molecule has 0 radical (unpaired) electrons. The van der Waals surface area contributed by atoms with Gasteiger partial charge in [-0.05, 0) is 40.9 Å². The summed E-state index contributed by atoms with van der Waals surface area (Å²) in [5, 5.41) is 14.4. The fraction of sp³-hybridized carbons (Fsp3) is 0.278. The zero-order valence-corrected chi connectivity index (χ0v) is 15.3. The minimum Gasteiger partial charge on any atom is -0.357 e. The van der Waals surface area contributed by atoms with Gasteiger partial charge in [-0.3, -0.25) is 5.10 Å². The van der Waals surface area contributed by atoms with Gasteiger partial charge in [-0.1, -0.05) is 18.2 Å². The first-order valence-electron chi connectivity index (χ1n) is 8.21. The fourth-order valence-corrected chi connectivity index (χ4v) is 3.19. The average Bonchev–Trinajstić information content (AvgIpc) is 3.32. The van der Waals surface area contributed by atoms with Gasteiger partial charge in [-0.2, -0.15) is 16.4 Å². The SMILES string of the molecule is CCNC(=NCc1cccc(-c2ncn[nH]2)c1)N(C)Cc1ccsc1. The molecule has 25 heavy (non-hydrogen) atoms. The summed E-state index contributed by atoms with van der Waals surface area (Å²) >= 11 is 1.72. The molecular weight excluding hydrogens is 332 g/mol. The lowest BCUT2D eigenvalue weighted by Crippen LogP contribution is -2.38. The average molecular weight is 354 g/mol. The van der Waals surface area contributed by atoms with E-state index in [1.807, 2.05) is 12.1 Å². The lowest BCUT2D eigenvalue weighted by atomic mass is 10.1. The molecule has 3 rings (SSSR count). The first kappa shape index (κ1) is 17.2. The van der Waals surface area contributed by atoms with Gasteiger partial charge in [0.1, 0.15) is 6.33 Å². The van der Waals surface area contributed by atoms with Gasteiger partial charge in [-0.15, -0.1) is 0 Å². The number of hydrogen-bond donors (Lipinski definition) is 2. The third-order valence-electron chi connectivity index (χ3n) is 3.72. The van der Waals surface area contributed by atoms with Crippen molar-refractivity contribution in [2.45, 2.75) is 20.0 Å². The molecule has 0 saturated carbocycles. The summed E-state index contributed by atoms with van der Waals surface area (Å²) in [6.45, 7) is 4.37. The molecular formula is C18H22N6S. The Bertz CT molecular complexity index is 795. The molecule has 6 nitrogen and oxygen atoms in total. The van der Waals surface area contributed by atoms with E-state index in [0.717, 1.165) is 36.0 Å². The largest absolute Gasteiger partial charge is 0.357 e. The van der Waals surface area contributed by atoms with Crippen molar-refractivity contribution in [3.8, 4) is 11.4 Å². The molecule has 0 bridgehead atoms. The van der Waals surface area contributed by atoms with Gasteiger partial charge in [0.15, 0.2) is 11.8 Å². The number of nitrogens with zero attached hydrogens (tertiary/aromatic N) is 4. The molecule has 0 spiro atoms. The van der Waals surface area contributed by atoms with E-state index >= 15 is 0 Å². The number of thiophene rings is 1. The normalized spacial score (nSPS) is 11.5. The number of hydrogen-bond acceptors (Lipinski definition) is 4. The van der Waals surface area contributed by atoms with Crippen molar-refractivity contribution in [2.24, 2.45) is 4.99 Å². The maximum absolute atomic E-state index is 4.78. The van der Waals surface area contributed by atoms with Gasteiger partial charge < -0.3 is 10.2 Å². The highest BCUT2D eigenvalue weighted by atomic mass is 32.1. The number of nitrogens with one attached hydrogen (secondary N) is 2. The standard InChI is InChI=1S/C18H22N6S/c1-3-19-18(24(2)11-15-7-8-25-12-15)20-10-14-5-4-6-16(9-14)17-21-13-22-23-17/h4-9,12-13H,3,10-11H2,1-2H3,(H,19,20)(H,21,22,23). The lowest BCUT2D eigenvalue weighted by Gasteiger charge is -2.21. The van der Waals surface area contributed by atoms with E-state index in [-0.39, 0.29) is 0 Å². The van der Waals surface area contributed by atoms with Crippen LogP contribution in [0.25, 0.3) is 11.4 Å². The summed E-state index contributed by atoms with van der Waals surface area (Å²) in [6, 6.07) is 10.3. The van der Waals surface area contributed by atoms with Crippen LogP contribution in [0.4, 0.5) is 0 Å². The van der Waals surface area contributed by atoms with E-state index in [4.69, 9.17) is 4.99 Å². The van der Waals surface area contributed by atoms with Gasteiger partial charge in [0.05, 0.1) is 6.54 Å². The molecule has 130 valence electrons. The van der Waals surface area contributed by atoms with E-state index < -0.39 is 0 Å². The van der Waals surface area contributed by atoms with Crippen molar-refractivity contribution in [3.05, 3.63) is 58.5 Å². The van der Waals surface area contributed by atoms with Crippen molar-refractivity contribution >= 4 is 17.3 Å². The Balaban J connectivity index is 1.72. The third kappa shape index (κ3) is 4.67. The molecule has 0 atom stereocenters. The first-order valence-corrected chi connectivity index (χ1v) is 9.15. The van der Waals surface area contributed by atoms with Crippen molar-refractivity contribution in [3.63, 3.8) is 0 Å². The topological polar surface area (TPSA) is 69.2 Å². The highest BCUT2D eigenvalue weighted by molar-refractivity contribution is 7.07. The van der Waals surface area contributed by atoms with Crippen LogP contribution in [-0.4, -0.2) is 39.6 Å². The molecule has 0 saturated heterocycles. The van der Waals surface area contributed by atoms with E-state index in [9.17, 15) is 0 Å². The summed E-state index contributed by atoms with van der Waals surface area (Å²) < 4.78 is 0. The number of guanidine groups is 1. The molecule has 0 unspecified atom stereocenters. The van der Waals surface area contributed by atoms with Crippen LogP contribution in [0.1, 0.15) is 18.1 Å². The van der Waals surface area contributed by atoms with Gasteiger partial charge >= 0.3 is 0 Å². The number of aromatic nitrogens is 3. The highest BCUT2D eigenvalue weighted by Crippen LogP contribution is 2.16. The summed E-state index contributed by atoms with van der Waals surface area (Å²) in [5.74, 6) is 1.67. The molecule has 0 aliphatic heterocycles. The molecule has 0 fully saturated rings. The Morgan fingerprint density at radius 3 is 2.96 bits per heavy atom. The first-order chi connectivity index (χ1) is 12.3. The van der Waals surface area contributed by atoms with E-state index in [2.05, 4.69) is 68.3 Å². The van der Waals surface area contributed by atoms with Crippen LogP contribution in [0, 0.1) is 0 Å².